The fraction of sp³-hybridized carbons (Fsp3) is 0.133. The highest BCUT2D eigenvalue weighted by Gasteiger charge is 2.28. The van der Waals surface area contributed by atoms with Crippen LogP contribution in [0.4, 0.5) is 5.69 Å². The van der Waals surface area contributed by atoms with Gasteiger partial charge in [-0.15, -0.1) is 0 Å². The number of carbonyl (C=O) groups excluding carboxylic acids is 1. The van der Waals surface area contributed by atoms with Crippen molar-refractivity contribution < 1.29 is 9.53 Å². The molecule has 4 nitrogen and oxygen atoms in total. The van der Waals surface area contributed by atoms with Crippen molar-refractivity contribution in [3.63, 3.8) is 0 Å². The quantitative estimate of drug-likeness (QED) is 0.808. The molecular formula is C15H12Br2N2O2. The number of benzene rings is 2. The number of halogens is 2. The van der Waals surface area contributed by atoms with Gasteiger partial charge in [-0.3, -0.25) is 4.79 Å². The maximum absolute atomic E-state index is 11.6. The van der Waals surface area contributed by atoms with Crippen LogP contribution in [-0.2, 0) is 11.4 Å². The molecule has 1 amide bonds. The van der Waals surface area contributed by atoms with Gasteiger partial charge in [0.15, 0.2) is 0 Å². The van der Waals surface area contributed by atoms with Crippen molar-refractivity contribution in [3.8, 4) is 5.75 Å². The summed E-state index contributed by atoms with van der Waals surface area (Å²) in [5, 5.41) is 2.75. The molecule has 6 heteroatoms. The van der Waals surface area contributed by atoms with Crippen LogP contribution < -0.4 is 15.8 Å². The molecule has 0 aromatic heterocycles. The Bertz CT molecular complexity index is 719. The zero-order valence-electron chi connectivity index (χ0n) is 10.9. The minimum Gasteiger partial charge on any atom is -0.488 e. The van der Waals surface area contributed by atoms with Crippen LogP contribution in [0.15, 0.2) is 45.3 Å². The number of hydrogen-bond donors (Lipinski definition) is 2. The summed E-state index contributed by atoms with van der Waals surface area (Å²) < 4.78 is 7.61. The molecule has 0 fully saturated rings. The molecule has 1 heterocycles. The number of carbonyl (C=O) groups is 1. The lowest BCUT2D eigenvalue weighted by Gasteiger charge is -2.11. The molecule has 0 spiro atoms. The molecular weight excluding hydrogens is 400 g/mol. The Morgan fingerprint density at radius 3 is 2.71 bits per heavy atom. The maximum Gasteiger partial charge on any atom is 0.245 e. The van der Waals surface area contributed by atoms with E-state index in [2.05, 4.69) is 37.2 Å². The Morgan fingerprint density at radius 2 is 1.95 bits per heavy atom. The molecule has 0 aliphatic carbocycles. The van der Waals surface area contributed by atoms with Crippen LogP contribution >= 0.6 is 31.9 Å². The lowest BCUT2D eigenvalue weighted by atomic mass is 10.1. The molecule has 1 unspecified atom stereocenters. The van der Waals surface area contributed by atoms with Crippen LogP contribution in [0.3, 0.4) is 0 Å². The van der Waals surface area contributed by atoms with E-state index in [4.69, 9.17) is 10.5 Å². The first-order valence-corrected chi connectivity index (χ1v) is 7.91. The van der Waals surface area contributed by atoms with Crippen molar-refractivity contribution in [2.45, 2.75) is 12.6 Å². The van der Waals surface area contributed by atoms with Gasteiger partial charge in [-0.1, -0.05) is 34.1 Å². The molecule has 1 atom stereocenters. The van der Waals surface area contributed by atoms with Gasteiger partial charge < -0.3 is 15.8 Å². The number of hydrogen-bond acceptors (Lipinski definition) is 3. The second-order valence-corrected chi connectivity index (χ2v) is 6.43. The van der Waals surface area contributed by atoms with Gasteiger partial charge in [-0.05, 0) is 28.1 Å². The average Bonchev–Trinajstić information content (AvgIpc) is 2.73. The molecule has 2 aromatic rings. The largest absolute Gasteiger partial charge is 0.488 e. The number of nitrogens with two attached hydrogens (primary N) is 1. The van der Waals surface area contributed by atoms with E-state index < -0.39 is 6.04 Å². The standard InChI is InChI=1S/C15H12Br2N2O2/c16-10-4-2-1-3-8(10)7-21-13-6-12-9(5-11(13)17)14(18)15(20)19-12/h1-6,14H,7,18H2,(H,19,20). The molecule has 0 saturated heterocycles. The van der Waals surface area contributed by atoms with Crippen LogP contribution in [0.5, 0.6) is 5.75 Å². The number of fused-ring (bicyclic) bond motifs is 1. The van der Waals surface area contributed by atoms with Crippen molar-refractivity contribution in [3.05, 3.63) is 56.5 Å². The monoisotopic (exact) mass is 410 g/mol. The fourth-order valence-corrected chi connectivity index (χ4v) is 3.04. The van der Waals surface area contributed by atoms with Crippen molar-refractivity contribution >= 4 is 43.5 Å². The average molecular weight is 412 g/mol. The number of nitrogens with one attached hydrogen (secondary N) is 1. The summed E-state index contributed by atoms with van der Waals surface area (Å²) in [5.41, 5.74) is 8.34. The van der Waals surface area contributed by atoms with Gasteiger partial charge in [0, 0.05) is 27.4 Å². The van der Waals surface area contributed by atoms with Crippen LogP contribution in [0, 0.1) is 0 Å². The molecule has 1 aliphatic heterocycles. The Kier molecular flexibility index (Phi) is 4.01. The SMILES string of the molecule is NC1C(=O)Nc2cc(OCc3ccccc3Br)c(Br)cc21. The summed E-state index contributed by atoms with van der Waals surface area (Å²) in [4.78, 5) is 11.6. The third kappa shape index (κ3) is 2.84. The van der Waals surface area contributed by atoms with E-state index in [9.17, 15) is 4.79 Å². The third-order valence-corrected chi connectivity index (χ3v) is 4.71. The molecule has 0 bridgehead atoms. The zero-order chi connectivity index (χ0) is 15.0. The van der Waals surface area contributed by atoms with E-state index in [1.165, 1.54) is 0 Å². The molecule has 3 N–H and O–H groups in total. The van der Waals surface area contributed by atoms with Crippen molar-refractivity contribution in [2.75, 3.05) is 5.32 Å². The molecule has 3 rings (SSSR count). The summed E-state index contributed by atoms with van der Waals surface area (Å²) in [6, 6.07) is 10.9. The van der Waals surface area contributed by atoms with Gasteiger partial charge in [-0.25, -0.2) is 0 Å². The molecule has 108 valence electrons. The smallest absolute Gasteiger partial charge is 0.245 e. The summed E-state index contributed by atoms with van der Waals surface area (Å²) in [6.07, 6.45) is 0. The first kappa shape index (κ1) is 14.6. The highest BCUT2D eigenvalue weighted by molar-refractivity contribution is 9.10. The number of ether oxygens (including phenoxy) is 1. The van der Waals surface area contributed by atoms with Crippen molar-refractivity contribution in [1.82, 2.24) is 0 Å². The van der Waals surface area contributed by atoms with Gasteiger partial charge in [0.25, 0.3) is 0 Å². The third-order valence-electron chi connectivity index (χ3n) is 3.32. The van der Waals surface area contributed by atoms with E-state index in [0.717, 1.165) is 20.1 Å². The predicted octanol–water partition coefficient (Wildman–Crippen LogP) is 3.74. The summed E-state index contributed by atoms with van der Waals surface area (Å²) in [6.45, 7) is 0.429. The van der Waals surface area contributed by atoms with E-state index >= 15 is 0 Å². The lowest BCUT2D eigenvalue weighted by molar-refractivity contribution is -0.116. The second-order valence-electron chi connectivity index (χ2n) is 4.72. The molecule has 0 saturated carbocycles. The van der Waals surface area contributed by atoms with E-state index in [1.54, 1.807) is 6.07 Å². The van der Waals surface area contributed by atoms with E-state index in [0.29, 0.717) is 18.0 Å². The van der Waals surface area contributed by atoms with Crippen molar-refractivity contribution in [2.24, 2.45) is 5.73 Å². The first-order valence-electron chi connectivity index (χ1n) is 6.32. The molecule has 2 aromatic carbocycles. The van der Waals surface area contributed by atoms with Gasteiger partial charge in [-0.2, -0.15) is 0 Å². The number of amides is 1. The summed E-state index contributed by atoms with van der Waals surface area (Å²) in [5.74, 6) is 0.471. The Balaban J connectivity index is 1.83. The van der Waals surface area contributed by atoms with Crippen LogP contribution in [-0.4, -0.2) is 5.91 Å². The minimum atomic E-state index is -0.617. The Labute approximate surface area is 138 Å². The number of rotatable bonds is 3. The van der Waals surface area contributed by atoms with E-state index in [-0.39, 0.29) is 5.91 Å². The minimum absolute atomic E-state index is 0.195. The summed E-state index contributed by atoms with van der Waals surface area (Å²) >= 11 is 6.95. The van der Waals surface area contributed by atoms with Gasteiger partial charge in [0.2, 0.25) is 5.91 Å². The van der Waals surface area contributed by atoms with Gasteiger partial charge in [0.05, 0.1) is 4.47 Å². The second kappa shape index (κ2) is 5.79. The predicted molar refractivity (Wildman–Crippen MR) is 88.2 cm³/mol. The van der Waals surface area contributed by atoms with Crippen LogP contribution in [0.1, 0.15) is 17.2 Å². The molecule has 0 radical (unpaired) electrons. The molecule has 21 heavy (non-hydrogen) atoms. The maximum atomic E-state index is 11.6. The van der Waals surface area contributed by atoms with Crippen LogP contribution in [0.25, 0.3) is 0 Å². The fourth-order valence-electron chi connectivity index (χ4n) is 2.17. The first-order chi connectivity index (χ1) is 10.1. The zero-order valence-corrected chi connectivity index (χ0v) is 14.1. The molecule has 1 aliphatic rings. The van der Waals surface area contributed by atoms with Crippen LogP contribution in [0.2, 0.25) is 0 Å². The topological polar surface area (TPSA) is 64.4 Å². The summed E-state index contributed by atoms with van der Waals surface area (Å²) in [7, 11) is 0. The highest BCUT2D eigenvalue weighted by atomic mass is 79.9. The lowest BCUT2D eigenvalue weighted by Crippen LogP contribution is -2.19. The van der Waals surface area contributed by atoms with E-state index in [1.807, 2.05) is 30.3 Å². The Morgan fingerprint density at radius 1 is 1.19 bits per heavy atom. The highest BCUT2D eigenvalue weighted by Crippen LogP contribution is 2.38. The van der Waals surface area contributed by atoms with Gasteiger partial charge >= 0.3 is 0 Å². The van der Waals surface area contributed by atoms with Gasteiger partial charge in [0.1, 0.15) is 18.4 Å². The van der Waals surface area contributed by atoms with Crippen molar-refractivity contribution in [1.29, 1.82) is 0 Å². The normalized spacial score (nSPS) is 16.5. The Hall–Kier alpha value is -1.37. The number of anilines is 1.